The van der Waals surface area contributed by atoms with Crippen LogP contribution in [0.2, 0.25) is 0 Å². The van der Waals surface area contributed by atoms with Gasteiger partial charge in [0.25, 0.3) is 5.91 Å². The zero-order valence-electron chi connectivity index (χ0n) is 17.6. The highest BCUT2D eigenvalue weighted by atomic mass is 32.2. The minimum absolute atomic E-state index is 0.163. The molecular weight excluding hydrogens is 410 g/mol. The van der Waals surface area contributed by atoms with Crippen molar-refractivity contribution in [3.63, 3.8) is 0 Å². The molecule has 1 atom stereocenters. The maximum Gasteiger partial charge on any atom is 0.255 e. The van der Waals surface area contributed by atoms with Crippen LogP contribution in [-0.4, -0.2) is 35.2 Å². The molecule has 0 radical (unpaired) electrons. The lowest BCUT2D eigenvalue weighted by Gasteiger charge is -2.12. The molecule has 31 heavy (non-hydrogen) atoms. The zero-order chi connectivity index (χ0) is 21.6. The summed E-state index contributed by atoms with van der Waals surface area (Å²) in [6.07, 6.45) is 2.30. The van der Waals surface area contributed by atoms with E-state index in [-0.39, 0.29) is 12.0 Å². The van der Waals surface area contributed by atoms with Crippen molar-refractivity contribution in [2.75, 3.05) is 18.5 Å². The van der Waals surface area contributed by atoms with E-state index in [4.69, 9.17) is 9.47 Å². The van der Waals surface area contributed by atoms with Gasteiger partial charge >= 0.3 is 0 Å². The molecule has 0 bridgehead atoms. The number of nitrogens with one attached hydrogen (secondary N) is 1. The smallest absolute Gasteiger partial charge is 0.255 e. The van der Waals surface area contributed by atoms with Crippen molar-refractivity contribution >= 4 is 23.4 Å². The van der Waals surface area contributed by atoms with Gasteiger partial charge in [-0.1, -0.05) is 0 Å². The highest BCUT2D eigenvalue weighted by Gasteiger charge is 2.16. The van der Waals surface area contributed by atoms with Gasteiger partial charge in [-0.3, -0.25) is 4.79 Å². The number of aromatic nitrogens is 2. The Kier molecular flexibility index (Phi) is 6.84. The minimum atomic E-state index is -0.163. The molecule has 1 aliphatic heterocycles. The molecule has 6 nitrogen and oxygen atoms in total. The molecule has 0 saturated carbocycles. The molecule has 1 fully saturated rings. The number of hydrogen-bond donors (Lipinski definition) is 1. The van der Waals surface area contributed by atoms with E-state index in [0.717, 1.165) is 52.3 Å². The molecular formula is C24H25N3O3S. The van der Waals surface area contributed by atoms with Gasteiger partial charge in [-0.15, -0.1) is 0 Å². The maximum absolute atomic E-state index is 12.5. The third kappa shape index (κ3) is 6.06. The summed E-state index contributed by atoms with van der Waals surface area (Å²) in [5, 5.41) is 3.64. The largest absolute Gasteiger partial charge is 0.491 e. The zero-order valence-corrected chi connectivity index (χ0v) is 18.4. The van der Waals surface area contributed by atoms with E-state index in [0.29, 0.717) is 12.2 Å². The number of nitrogens with zero attached hydrogens (tertiary/aromatic N) is 2. The number of ether oxygens (including phenoxy) is 2. The number of benzene rings is 2. The van der Waals surface area contributed by atoms with Gasteiger partial charge in [-0.2, -0.15) is 0 Å². The minimum Gasteiger partial charge on any atom is -0.491 e. The summed E-state index contributed by atoms with van der Waals surface area (Å²) in [5.41, 5.74) is 3.20. The fourth-order valence-electron chi connectivity index (χ4n) is 3.32. The molecule has 0 spiro atoms. The number of rotatable bonds is 7. The molecule has 1 saturated heterocycles. The summed E-state index contributed by atoms with van der Waals surface area (Å²) in [6.45, 7) is 5.27. The highest BCUT2D eigenvalue weighted by molar-refractivity contribution is 7.99. The Balaban J connectivity index is 1.31. The molecule has 0 aliphatic carbocycles. The van der Waals surface area contributed by atoms with E-state index in [1.54, 1.807) is 12.1 Å². The Morgan fingerprint density at radius 2 is 1.81 bits per heavy atom. The summed E-state index contributed by atoms with van der Waals surface area (Å²) in [5.74, 6) is 0.575. The van der Waals surface area contributed by atoms with Gasteiger partial charge in [-0.05, 0) is 93.0 Å². The second kappa shape index (κ2) is 9.94. The van der Waals surface area contributed by atoms with Gasteiger partial charge in [0.15, 0.2) is 5.16 Å². The standard InChI is InChI=1S/C24H25N3O3S/c1-16-14-17(2)26-24(25-16)31-22-11-7-19(8-12-22)27-23(28)18-5-9-20(10-6-18)30-15-21-4-3-13-29-21/h5-12,14,21H,3-4,13,15H2,1-2H3,(H,27,28)/t21-/m1/s1. The summed E-state index contributed by atoms with van der Waals surface area (Å²) < 4.78 is 11.3. The lowest BCUT2D eigenvalue weighted by atomic mass is 10.2. The van der Waals surface area contributed by atoms with Crippen molar-refractivity contribution in [3.8, 4) is 5.75 Å². The van der Waals surface area contributed by atoms with Crippen molar-refractivity contribution in [3.05, 3.63) is 71.5 Å². The summed E-state index contributed by atoms with van der Waals surface area (Å²) >= 11 is 1.50. The van der Waals surface area contributed by atoms with Gasteiger partial charge in [0, 0.05) is 34.1 Å². The Hall–Kier alpha value is -2.90. The summed E-state index contributed by atoms with van der Waals surface area (Å²) in [6, 6.07) is 16.8. The van der Waals surface area contributed by atoms with Gasteiger partial charge in [-0.25, -0.2) is 9.97 Å². The van der Waals surface area contributed by atoms with Crippen molar-refractivity contribution in [1.82, 2.24) is 9.97 Å². The second-order valence-corrected chi connectivity index (χ2v) is 8.52. The second-order valence-electron chi connectivity index (χ2n) is 7.48. The molecule has 0 unspecified atom stereocenters. The Bertz CT molecular complexity index is 1010. The fraction of sp³-hybridized carbons (Fsp3) is 0.292. The maximum atomic E-state index is 12.5. The first kappa shape index (κ1) is 21.3. The topological polar surface area (TPSA) is 73.3 Å². The highest BCUT2D eigenvalue weighted by Crippen LogP contribution is 2.26. The monoisotopic (exact) mass is 435 g/mol. The van der Waals surface area contributed by atoms with E-state index in [1.165, 1.54) is 11.8 Å². The van der Waals surface area contributed by atoms with Gasteiger partial charge in [0.1, 0.15) is 12.4 Å². The molecule has 160 valence electrons. The van der Waals surface area contributed by atoms with Crippen LogP contribution in [0.4, 0.5) is 5.69 Å². The molecule has 2 aromatic carbocycles. The van der Waals surface area contributed by atoms with Crippen LogP contribution in [0.15, 0.2) is 64.6 Å². The molecule has 1 N–H and O–H groups in total. The van der Waals surface area contributed by atoms with E-state index in [1.807, 2.05) is 56.3 Å². The van der Waals surface area contributed by atoms with Gasteiger partial charge in [0.05, 0.1) is 6.10 Å². The molecule has 7 heteroatoms. The SMILES string of the molecule is Cc1cc(C)nc(Sc2ccc(NC(=O)c3ccc(OC[C@H]4CCCO4)cc3)cc2)n1. The lowest BCUT2D eigenvalue weighted by Crippen LogP contribution is -2.16. The van der Waals surface area contributed by atoms with Crippen LogP contribution in [0.5, 0.6) is 5.75 Å². The molecule has 1 aliphatic rings. The first-order valence-corrected chi connectivity index (χ1v) is 11.1. The van der Waals surface area contributed by atoms with Crippen molar-refractivity contribution in [2.45, 2.75) is 42.8 Å². The van der Waals surface area contributed by atoms with E-state index >= 15 is 0 Å². The van der Waals surface area contributed by atoms with Crippen LogP contribution < -0.4 is 10.1 Å². The van der Waals surface area contributed by atoms with Gasteiger partial charge < -0.3 is 14.8 Å². The third-order valence-electron chi connectivity index (χ3n) is 4.86. The Labute approximate surface area is 186 Å². The Morgan fingerprint density at radius 3 is 2.45 bits per heavy atom. The van der Waals surface area contributed by atoms with Crippen molar-refractivity contribution < 1.29 is 14.3 Å². The fourth-order valence-corrected chi connectivity index (χ4v) is 4.18. The van der Waals surface area contributed by atoms with Gasteiger partial charge in [0.2, 0.25) is 0 Å². The number of aryl methyl sites for hydroxylation is 2. The number of anilines is 1. The lowest BCUT2D eigenvalue weighted by molar-refractivity contribution is 0.0679. The van der Waals surface area contributed by atoms with E-state index < -0.39 is 0 Å². The van der Waals surface area contributed by atoms with E-state index in [9.17, 15) is 4.79 Å². The quantitative estimate of drug-likeness (QED) is 0.523. The first-order chi connectivity index (χ1) is 15.0. The normalized spacial score (nSPS) is 15.6. The molecule has 2 heterocycles. The molecule has 1 aromatic heterocycles. The summed E-state index contributed by atoms with van der Waals surface area (Å²) in [7, 11) is 0. The van der Waals surface area contributed by atoms with Crippen LogP contribution >= 0.6 is 11.8 Å². The van der Waals surface area contributed by atoms with Crippen molar-refractivity contribution in [1.29, 1.82) is 0 Å². The van der Waals surface area contributed by atoms with Crippen LogP contribution in [-0.2, 0) is 4.74 Å². The average Bonchev–Trinajstić information content (AvgIpc) is 3.27. The average molecular weight is 436 g/mol. The van der Waals surface area contributed by atoms with Crippen molar-refractivity contribution in [2.24, 2.45) is 0 Å². The summed E-state index contributed by atoms with van der Waals surface area (Å²) in [4.78, 5) is 22.5. The van der Waals surface area contributed by atoms with E-state index in [2.05, 4.69) is 15.3 Å². The predicted molar refractivity (Wildman–Crippen MR) is 121 cm³/mol. The number of carbonyl (C=O) groups excluding carboxylic acids is 1. The number of hydrogen-bond acceptors (Lipinski definition) is 6. The van der Waals surface area contributed by atoms with Crippen LogP contribution in [0, 0.1) is 13.8 Å². The predicted octanol–water partition coefficient (Wildman–Crippen LogP) is 5.05. The molecule has 1 amide bonds. The third-order valence-corrected chi connectivity index (χ3v) is 5.73. The number of carbonyl (C=O) groups is 1. The molecule has 4 rings (SSSR count). The Morgan fingerprint density at radius 1 is 1.10 bits per heavy atom. The first-order valence-electron chi connectivity index (χ1n) is 10.3. The van der Waals surface area contributed by atoms with Crippen LogP contribution in [0.1, 0.15) is 34.6 Å². The molecule has 3 aromatic rings. The van der Waals surface area contributed by atoms with Crippen LogP contribution in [0.25, 0.3) is 0 Å². The number of amides is 1. The van der Waals surface area contributed by atoms with Crippen LogP contribution in [0.3, 0.4) is 0 Å².